The number of pyridine rings is 1. The van der Waals surface area contributed by atoms with Crippen LogP contribution >= 0.6 is 0 Å². The van der Waals surface area contributed by atoms with Crippen LogP contribution in [-0.4, -0.2) is 4.98 Å². The van der Waals surface area contributed by atoms with E-state index in [1.807, 2.05) is 6.07 Å². The van der Waals surface area contributed by atoms with Crippen molar-refractivity contribution in [3.63, 3.8) is 0 Å². The van der Waals surface area contributed by atoms with Crippen LogP contribution in [0.25, 0.3) is 10.9 Å². The fourth-order valence-electron chi connectivity index (χ4n) is 1.94. The summed E-state index contributed by atoms with van der Waals surface area (Å²) in [5.74, 6) is 5.52. The highest BCUT2D eigenvalue weighted by molar-refractivity contribution is 5.85. The highest BCUT2D eigenvalue weighted by Crippen LogP contribution is 2.23. The summed E-state index contributed by atoms with van der Waals surface area (Å²) >= 11 is 0. The number of rotatable bonds is 3. The fourth-order valence-corrected chi connectivity index (χ4v) is 1.94. The molecule has 0 fully saturated rings. The van der Waals surface area contributed by atoms with Gasteiger partial charge in [-0.05, 0) is 25.0 Å². The predicted octanol–water partition coefficient (Wildman–Crippen LogP) is 2.78. The summed E-state index contributed by atoms with van der Waals surface area (Å²) < 4.78 is 0. The van der Waals surface area contributed by atoms with Crippen LogP contribution in [0, 0.1) is 6.92 Å². The molecule has 0 saturated heterocycles. The van der Waals surface area contributed by atoms with Crippen molar-refractivity contribution in [2.24, 2.45) is 5.84 Å². The molecule has 1 heterocycles. The second kappa shape index (κ2) is 4.49. The maximum Gasteiger partial charge on any atom is 0.0736 e. The molecule has 0 saturated carbocycles. The molecule has 0 aliphatic heterocycles. The van der Waals surface area contributed by atoms with Crippen LogP contribution in [0.2, 0.25) is 0 Å². The Hall–Kier alpha value is -1.61. The van der Waals surface area contributed by atoms with Gasteiger partial charge in [-0.3, -0.25) is 10.8 Å². The average molecular weight is 215 g/mol. The molecular formula is C13H17N3. The van der Waals surface area contributed by atoms with Gasteiger partial charge in [-0.2, -0.15) is 0 Å². The second-order valence-corrected chi connectivity index (χ2v) is 4.02. The molecule has 0 bridgehead atoms. The lowest BCUT2D eigenvalue weighted by Gasteiger charge is -2.10. The number of fused-ring (bicyclic) bond motifs is 1. The number of benzene rings is 1. The van der Waals surface area contributed by atoms with Crippen molar-refractivity contribution < 1.29 is 0 Å². The average Bonchev–Trinajstić information content (AvgIpc) is 2.30. The summed E-state index contributed by atoms with van der Waals surface area (Å²) in [6.07, 6.45) is 2.02. The lowest BCUT2D eigenvalue weighted by molar-refractivity contribution is 0.889. The summed E-state index contributed by atoms with van der Waals surface area (Å²) in [6, 6.07) is 8.26. The number of nitrogens with one attached hydrogen (secondary N) is 1. The number of hydrogen-bond acceptors (Lipinski definition) is 3. The topological polar surface area (TPSA) is 50.9 Å². The summed E-state index contributed by atoms with van der Waals surface area (Å²) in [4.78, 5) is 4.69. The van der Waals surface area contributed by atoms with Gasteiger partial charge < -0.3 is 5.43 Å². The first-order valence-electron chi connectivity index (χ1n) is 5.62. The Kier molecular flexibility index (Phi) is 3.06. The number of nitrogen functional groups attached to an aromatic ring is 1. The smallest absolute Gasteiger partial charge is 0.0736 e. The van der Waals surface area contributed by atoms with Crippen LogP contribution in [0.3, 0.4) is 0 Å². The SMILES string of the molecule is CCCc1nc2c(C)cccc2cc1NN. The molecule has 0 aliphatic rings. The normalized spacial score (nSPS) is 10.7. The van der Waals surface area contributed by atoms with Gasteiger partial charge in [0.25, 0.3) is 0 Å². The fraction of sp³-hybridized carbons (Fsp3) is 0.308. The molecule has 1 aromatic heterocycles. The van der Waals surface area contributed by atoms with Gasteiger partial charge in [0.1, 0.15) is 0 Å². The first-order chi connectivity index (χ1) is 7.76. The van der Waals surface area contributed by atoms with Crippen molar-refractivity contribution in [2.75, 3.05) is 5.43 Å². The Bertz CT molecular complexity index is 506. The summed E-state index contributed by atoms with van der Waals surface area (Å²) in [6.45, 7) is 4.23. The summed E-state index contributed by atoms with van der Waals surface area (Å²) in [5.41, 5.74) is 6.99. The number of aromatic nitrogens is 1. The lowest BCUT2D eigenvalue weighted by atomic mass is 10.1. The van der Waals surface area contributed by atoms with Crippen molar-refractivity contribution in [1.82, 2.24) is 4.98 Å². The number of nitrogens with zero attached hydrogens (tertiary/aromatic N) is 1. The monoisotopic (exact) mass is 215 g/mol. The van der Waals surface area contributed by atoms with E-state index in [9.17, 15) is 0 Å². The van der Waals surface area contributed by atoms with Crippen molar-refractivity contribution in [3.8, 4) is 0 Å². The zero-order valence-electron chi connectivity index (χ0n) is 9.75. The van der Waals surface area contributed by atoms with Gasteiger partial charge in [0.05, 0.1) is 16.9 Å². The third-order valence-corrected chi connectivity index (χ3v) is 2.77. The number of hydrazine groups is 1. The molecule has 0 aliphatic carbocycles. The first kappa shape index (κ1) is 10.9. The number of hydrogen-bond donors (Lipinski definition) is 2. The molecule has 0 spiro atoms. The Morgan fingerprint density at radius 2 is 2.19 bits per heavy atom. The molecule has 3 N–H and O–H groups in total. The van der Waals surface area contributed by atoms with Crippen LogP contribution in [-0.2, 0) is 6.42 Å². The minimum atomic E-state index is 0.931. The summed E-state index contributed by atoms with van der Waals surface area (Å²) in [7, 11) is 0. The highest BCUT2D eigenvalue weighted by atomic mass is 15.2. The van der Waals surface area contributed by atoms with Gasteiger partial charge in [-0.25, -0.2) is 0 Å². The Balaban J connectivity index is 2.65. The van der Waals surface area contributed by atoms with Crippen molar-refractivity contribution >= 4 is 16.6 Å². The maximum absolute atomic E-state index is 5.52. The molecule has 2 rings (SSSR count). The third kappa shape index (κ3) is 1.86. The maximum atomic E-state index is 5.52. The van der Waals surface area contributed by atoms with Crippen LogP contribution in [0.5, 0.6) is 0 Å². The van der Waals surface area contributed by atoms with E-state index in [4.69, 9.17) is 10.8 Å². The number of aryl methyl sites for hydroxylation is 2. The quantitative estimate of drug-likeness (QED) is 0.611. The third-order valence-electron chi connectivity index (χ3n) is 2.77. The van der Waals surface area contributed by atoms with Gasteiger partial charge in [0, 0.05) is 5.39 Å². The van der Waals surface area contributed by atoms with Crippen LogP contribution in [0.4, 0.5) is 5.69 Å². The van der Waals surface area contributed by atoms with Crippen molar-refractivity contribution in [1.29, 1.82) is 0 Å². The largest absolute Gasteiger partial charge is 0.322 e. The van der Waals surface area contributed by atoms with Crippen LogP contribution in [0.15, 0.2) is 24.3 Å². The Labute approximate surface area is 95.7 Å². The van der Waals surface area contributed by atoms with Gasteiger partial charge in [-0.1, -0.05) is 31.5 Å². The molecule has 0 radical (unpaired) electrons. The minimum absolute atomic E-state index is 0.931. The standard InChI is InChI=1S/C13H17N3/c1-3-5-11-12(16-14)8-10-7-4-6-9(2)13(10)15-11/h4,6-8,16H,3,5,14H2,1-2H3. The highest BCUT2D eigenvalue weighted by Gasteiger charge is 2.06. The van der Waals surface area contributed by atoms with E-state index in [0.29, 0.717) is 0 Å². The van der Waals surface area contributed by atoms with Gasteiger partial charge in [0.2, 0.25) is 0 Å². The zero-order valence-corrected chi connectivity index (χ0v) is 9.75. The molecular weight excluding hydrogens is 198 g/mol. The Morgan fingerprint density at radius 3 is 2.88 bits per heavy atom. The molecule has 1 aromatic carbocycles. The molecule has 0 amide bonds. The minimum Gasteiger partial charge on any atom is -0.322 e. The first-order valence-corrected chi connectivity index (χ1v) is 5.62. The van der Waals surface area contributed by atoms with E-state index in [1.54, 1.807) is 0 Å². The second-order valence-electron chi connectivity index (χ2n) is 4.02. The number of nitrogens with two attached hydrogens (primary N) is 1. The van der Waals surface area contributed by atoms with Crippen molar-refractivity contribution in [3.05, 3.63) is 35.5 Å². The van der Waals surface area contributed by atoms with Crippen LogP contribution in [0.1, 0.15) is 24.6 Å². The predicted molar refractivity (Wildman–Crippen MR) is 68.3 cm³/mol. The van der Waals surface area contributed by atoms with E-state index >= 15 is 0 Å². The zero-order chi connectivity index (χ0) is 11.5. The Morgan fingerprint density at radius 1 is 1.38 bits per heavy atom. The summed E-state index contributed by atoms with van der Waals surface area (Å²) in [5, 5.41) is 1.13. The number of anilines is 1. The molecule has 0 atom stereocenters. The van der Waals surface area contributed by atoms with E-state index in [2.05, 4.69) is 37.5 Å². The lowest BCUT2D eigenvalue weighted by Crippen LogP contribution is -2.10. The van der Waals surface area contributed by atoms with Gasteiger partial charge in [0.15, 0.2) is 0 Å². The molecule has 3 heteroatoms. The van der Waals surface area contributed by atoms with E-state index in [1.165, 1.54) is 5.56 Å². The molecule has 0 unspecified atom stereocenters. The number of para-hydroxylation sites is 1. The van der Waals surface area contributed by atoms with Crippen LogP contribution < -0.4 is 11.3 Å². The van der Waals surface area contributed by atoms with Gasteiger partial charge in [-0.15, -0.1) is 0 Å². The van der Waals surface area contributed by atoms with Crippen molar-refractivity contribution in [2.45, 2.75) is 26.7 Å². The van der Waals surface area contributed by atoms with E-state index < -0.39 is 0 Å². The molecule has 84 valence electrons. The molecule has 16 heavy (non-hydrogen) atoms. The van der Waals surface area contributed by atoms with Gasteiger partial charge >= 0.3 is 0 Å². The molecule has 2 aromatic rings. The molecule has 3 nitrogen and oxygen atoms in total. The van der Waals surface area contributed by atoms with E-state index in [-0.39, 0.29) is 0 Å². The van der Waals surface area contributed by atoms with E-state index in [0.717, 1.165) is 35.1 Å².